The molecule has 0 aromatic heterocycles. The van der Waals surface area contributed by atoms with Gasteiger partial charge in [-0.3, -0.25) is 0 Å². The van der Waals surface area contributed by atoms with Crippen LogP contribution in [-0.2, 0) is 0 Å². The van der Waals surface area contributed by atoms with Crippen molar-refractivity contribution < 1.29 is 24.5 Å². The molecule has 6 nitrogen and oxygen atoms in total. The number of benzene rings is 3. The summed E-state index contributed by atoms with van der Waals surface area (Å²) in [5.41, 5.74) is 2.83. The number of hydrogen-bond donors (Lipinski definition) is 3. The second kappa shape index (κ2) is 11.5. The van der Waals surface area contributed by atoms with Gasteiger partial charge in [-0.05, 0) is 61.7 Å². The zero-order chi connectivity index (χ0) is 23.8. The normalized spacial score (nSPS) is 12.9. The Morgan fingerprint density at radius 1 is 0.939 bits per heavy atom. The summed E-state index contributed by atoms with van der Waals surface area (Å²) in [6.07, 6.45) is -0.707. The predicted octanol–water partition coefficient (Wildman–Crippen LogP) is 4.93. The monoisotopic (exact) mass is 449 g/mol. The van der Waals surface area contributed by atoms with E-state index in [0.29, 0.717) is 18.9 Å². The first-order valence-electron chi connectivity index (χ1n) is 11.1. The van der Waals surface area contributed by atoms with E-state index in [-0.39, 0.29) is 17.7 Å². The Morgan fingerprint density at radius 2 is 1.61 bits per heavy atom. The van der Waals surface area contributed by atoms with Crippen LogP contribution in [0.2, 0.25) is 0 Å². The van der Waals surface area contributed by atoms with Crippen LogP contribution in [0.25, 0.3) is 11.1 Å². The molecule has 3 N–H and O–H groups in total. The Labute approximate surface area is 194 Å². The van der Waals surface area contributed by atoms with Crippen molar-refractivity contribution >= 4 is 5.97 Å². The lowest BCUT2D eigenvalue weighted by Crippen LogP contribution is -2.35. The van der Waals surface area contributed by atoms with Crippen LogP contribution in [0.3, 0.4) is 0 Å². The molecule has 2 atom stereocenters. The minimum atomic E-state index is -1.01. The van der Waals surface area contributed by atoms with Crippen LogP contribution in [0, 0.1) is 0 Å². The number of nitrogens with one attached hydrogen (secondary N) is 1. The smallest absolute Gasteiger partial charge is 0.339 e. The van der Waals surface area contributed by atoms with Crippen molar-refractivity contribution in [1.82, 2.24) is 5.32 Å². The second-order valence-electron chi connectivity index (χ2n) is 8.15. The van der Waals surface area contributed by atoms with Gasteiger partial charge in [-0.2, -0.15) is 0 Å². The first-order chi connectivity index (χ1) is 15.8. The lowest BCUT2D eigenvalue weighted by Gasteiger charge is -2.20. The van der Waals surface area contributed by atoms with Gasteiger partial charge in [0.15, 0.2) is 0 Å². The van der Waals surface area contributed by atoms with Crippen LogP contribution in [0.15, 0.2) is 72.8 Å². The van der Waals surface area contributed by atoms with Crippen molar-refractivity contribution in [2.45, 2.75) is 39.0 Å². The maximum Gasteiger partial charge on any atom is 0.339 e. The van der Waals surface area contributed by atoms with E-state index in [2.05, 4.69) is 5.32 Å². The average molecular weight is 450 g/mol. The van der Waals surface area contributed by atoms with E-state index < -0.39 is 12.1 Å². The van der Waals surface area contributed by atoms with Crippen molar-refractivity contribution in [1.29, 1.82) is 0 Å². The third-order valence-electron chi connectivity index (χ3n) is 5.21. The first-order valence-corrected chi connectivity index (χ1v) is 11.1. The summed E-state index contributed by atoms with van der Waals surface area (Å²) in [5, 5.41) is 23.1. The number of carboxylic acid groups (broad SMARTS) is 1. The highest BCUT2D eigenvalue weighted by molar-refractivity contribution is 5.92. The highest BCUT2D eigenvalue weighted by Gasteiger charge is 2.16. The Bertz CT molecular complexity index is 1030. The van der Waals surface area contributed by atoms with E-state index in [1.807, 2.05) is 75.4 Å². The quantitative estimate of drug-likeness (QED) is 0.360. The van der Waals surface area contributed by atoms with Crippen LogP contribution in [0.4, 0.5) is 0 Å². The largest absolute Gasteiger partial charge is 0.492 e. The average Bonchev–Trinajstić information content (AvgIpc) is 2.81. The summed E-state index contributed by atoms with van der Waals surface area (Å²) < 4.78 is 11.5. The molecule has 0 heterocycles. The molecule has 3 rings (SSSR count). The minimum Gasteiger partial charge on any atom is -0.492 e. The third kappa shape index (κ3) is 6.81. The third-order valence-corrected chi connectivity index (χ3v) is 5.21. The van der Waals surface area contributed by atoms with Gasteiger partial charge in [0.1, 0.15) is 23.7 Å². The van der Waals surface area contributed by atoms with Gasteiger partial charge in [0.05, 0.1) is 12.2 Å². The highest BCUT2D eigenvalue weighted by Crippen LogP contribution is 2.29. The van der Waals surface area contributed by atoms with Gasteiger partial charge in [-0.15, -0.1) is 0 Å². The van der Waals surface area contributed by atoms with Crippen LogP contribution >= 0.6 is 0 Å². The van der Waals surface area contributed by atoms with Gasteiger partial charge >= 0.3 is 5.97 Å². The first kappa shape index (κ1) is 24.3. The summed E-state index contributed by atoms with van der Waals surface area (Å²) >= 11 is 0. The number of aliphatic hydroxyl groups excluding tert-OH is 1. The van der Waals surface area contributed by atoms with E-state index in [4.69, 9.17) is 9.47 Å². The molecule has 3 aromatic carbocycles. The van der Waals surface area contributed by atoms with E-state index in [0.717, 1.165) is 22.4 Å². The molecule has 0 radical (unpaired) electrons. The fourth-order valence-electron chi connectivity index (χ4n) is 3.48. The van der Waals surface area contributed by atoms with Gasteiger partial charge in [0.25, 0.3) is 0 Å². The molecule has 0 aliphatic heterocycles. The lowest BCUT2D eigenvalue weighted by atomic mass is 10.0. The Hall–Kier alpha value is -3.35. The topological polar surface area (TPSA) is 88.0 Å². The summed E-state index contributed by atoms with van der Waals surface area (Å²) in [5.74, 6) is 0.0750. The van der Waals surface area contributed by atoms with Gasteiger partial charge in [0.2, 0.25) is 0 Å². The maximum absolute atomic E-state index is 11.5. The standard InChI is InChI=1S/C27H31NO5/c1-18(2)33-25-17-22(11-14-24(25)27(30)31)20-9-12-23(13-10-20)32-16-15-28-19(3)26(29)21-7-5-4-6-8-21/h4-14,17-19,26,28-29H,15-16H2,1-3H3,(H,30,31)/t19-,26-/m0/s1. The maximum atomic E-state index is 11.5. The van der Waals surface area contributed by atoms with Gasteiger partial charge in [-0.25, -0.2) is 4.79 Å². The molecule has 33 heavy (non-hydrogen) atoms. The predicted molar refractivity (Wildman–Crippen MR) is 129 cm³/mol. The number of rotatable bonds is 11. The summed E-state index contributed by atoms with van der Waals surface area (Å²) in [7, 11) is 0. The summed E-state index contributed by atoms with van der Waals surface area (Å²) in [6.45, 7) is 6.73. The number of aliphatic hydroxyl groups is 1. The molecule has 0 fully saturated rings. The number of ether oxygens (including phenoxy) is 2. The highest BCUT2D eigenvalue weighted by atomic mass is 16.5. The van der Waals surface area contributed by atoms with E-state index in [1.54, 1.807) is 18.2 Å². The van der Waals surface area contributed by atoms with Crippen molar-refractivity contribution in [3.05, 3.63) is 83.9 Å². The van der Waals surface area contributed by atoms with Crippen molar-refractivity contribution in [3.63, 3.8) is 0 Å². The Morgan fingerprint density at radius 3 is 2.24 bits per heavy atom. The van der Waals surface area contributed by atoms with Crippen molar-refractivity contribution in [3.8, 4) is 22.6 Å². The van der Waals surface area contributed by atoms with Gasteiger partial charge in [0, 0.05) is 12.6 Å². The number of carboxylic acids is 1. The molecular formula is C27H31NO5. The fourth-order valence-corrected chi connectivity index (χ4v) is 3.48. The van der Waals surface area contributed by atoms with Crippen molar-refractivity contribution in [2.24, 2.45) is 0 Å². The number of aromatic carboxylic acids is 1. The molecule has 0 bridgehead atoms. The lowest BCUT2D eigenvalue weighted by molar-refractivity contribution is 0.0690. The van der Waals surface area contributed by atoms with E-state index in [1.165, 1.54) is 0 Å². The van der Waals surface area contributed by atoms with Crippen LogP contribution in [0.5, 0.6) is 11.5 Å². The van der Waals surface area contributed by atoms with Crippen LogP contribution in [-0.4, -0.2) is 41.5 Å². The van der Waals surface area contributed by atoms with E-state index in [9.17, 15) is 15.0 Å². The molecule has 0 unspecified atom stereocenters. The SMILES string of the molecule is CC(C)Oc1cc(-c2ccc(OCCN[C@@H](C)[C@H](O)c3ccccc3)cc2)ccc1C(=O)O. The Balaban J connectivity index is 1.54. The van der Waals surface area contributed by atoms with Crippen LogP contribution in [0.1, 0.15) is 42.8 Å². The number of hydrogen-bond acceptors (Lipinski definition) is 5. The van der Waals surface area contributed by atoms with Gasteiger partial charge in [-0.1, -0.05) is 48.5 Å². The zero-order valence-electron chi connectivity index (χ0n) is 19.2. The summed E-state index contributed by atoms with van der Waals surface area (Å²) in [4.78, 5) is 11.5. The molecule has 174 valence electrons. The molecule has 0 spiro atoms. The Kier molecular flexibility index (Phi) is 8.46. The molecular weight excluding hydrogens is 418 g/mol. The molecule has 0 aliphatic carbocycles. The molecule has 3 aromatic rings. The van der Waals surface area contributed by atoms with Crippen LogP contribution < -0.4 is 14.8 Å². The molecule has 0 saturated heterocycles. The molecule has 0 saturated carbocycles. The number of carbonyl (C=O) groups is 1. The molecule has 6 heteroatoms. The second-order valence-corrected chi connectivity index (χ2v) is 8.15. The molecule has 0 aliphatic rings. The zero-order valence-corrected chi connectivity index (χ0v) is 19.2. The summed E-state index contributed by atoms with van der Waals surface area (Å²) in [6, 6.07) is 22.2. The van der Waals surface area contributed by atoms with Crippen molar-refractivity contribution in [2.75, 3.05) is 13.2 Å². The fraction of sp³-hybridized carbons (Fsp3) is 0.296. The van der Waals surface area contributed by atoms with E-state index >= 15 is 0 Å². The molecule has 0 amide bonds. The minimum absolute atomic E-state index is 0.102. The van der Waals surface area contributed by atoms with Gasteiger partial charge < -0.3 is 25.0 Å².